The second kappa shape index (κ2) is 4.34. The van der Waals surface area contributed by atoms with Crippen LogP contribution < -0.4 is 0 Å². The van der Waals surface area contributed by atoms with Crippen LogP contribution >= 0.6 is 7.60 Å². The number of rotatable bonds is 5. The van der Waals surface area contributed by atoms with Crippen LogP contribution in [-0.4, -0.2) is 36.7 Å². The molecule has 8 heteroatoms. The third-order valence-electron chi connectivity index (χ3n) is 0.895. The van der Waals surface area contributed by atoms with Gasteiger partial charge < -0.3 is 9.79 Å². The lowest BCUT2D eigenvalue weighted by atomic mass is 10.9. The van der Waals surface area contributed by atoms with Crippen LogP contribution in [0.15, 0.2) is 0 Å². The molecule has 0 bridgehead atoms. The number of hydrogen-bond acceptors (Lipinski definition) is 4. The van der Waals surface area contributed by atoms with Crippen LogP contribution in [0.1, 0.15) is 0 Å². The van der Waals surface area contributed by atoms with Crippen LogP contribution in [-0.2, 0) is 18.9 Å². The molecule has 0 fully saturated rings. The molecule has 6 nitrogen and oxygen atoms in total. The van der Waals surface area contributed by atoms with E-state index in [2.05, 4.69) is 11.1 Å². The fraction of sp³-hybridized carbons (Fsp3) is 0.750. The highest BCUT2D eigenvalue weighted by Gasteiger charge is 2.15. The zero-order valence-electron chi connectivity index (χ0n) is 6.21. The van der Waals surface area contributed by atoms with E-state index in [0.29, 0.717) is 0 Å². The van der Waals surface area contributed by atoms with E-state index in [1.165, 1.54) is 0 Å². The molecule has 0 heterocycles. The molecule has 0 rings (SSSR count). The minimum atomic E-state index is -4.17. The van der Waals surface area contributed by atoms with E-state index >= 15 is 0 Å². The first kappa shape index (κ1) is 12.1. The first-order chi connectivity index (χ1) is 5.27. The quantitative estimate of drug-likeness (QED) is 0.468. The molecule has 73 valence electrons. The van der Waals surface area contributed by atoms with E-state index < -0.39 is 36.2 Å². The highest BCUT2D eigenvalue weighted by Crippen LogP contribution is 2.33. The Morgan fingerprint density at radius 1 is 1.42 bits per heavy atom. The third-order valence-corrected chi connectivity index (χ3v) is 2.69. The molecule has 12 heavy (non-hydrogen) atoms. The lowest BCUT2D eigenvalue weighted by molar-refractivity contribution is 0.318. The molecular weight excluding hydrogens is 207 g/mol. The smallest absolute Gasteiger partial charge is 0.324 e. The Bertz CT molecular complexity index is 263. The van der Waals surface area contributed by atoms with E-state index in [0.717, 1.165) is 0 Å². The van der Waals surface area contributed by atoms with E-state index in [-0.39, 0.29) is 0 Å². The van der Waals surface area contributed by atoms with Crippen molar-refractivity contribution >= 4 is 17.7 Å². The van der Waals surface area contributed by atoms with Crippen molar-refractivity contribution in [3.8, 4) is 0 Å². The molecule has 2 N–H and O–H groups in total. The number of hydrogen-bond donors (Lipinski definition) is 2. The Morgan fingerprint density at radius 3 is 2.25 bits per heavy atom. The zero-order chi connectivity index (χ0) is 9.83. The van der Waals surface area contributed by atoms with Gasteiger partial charge in [-0.2, -0.15) is 8.42 Å². The van der Waals surface area contributed by atoms with Crippen LogP contribution in [0.2, 0.25) is 0 Å². The van der Waals surface area contributed by atoms with Crippen molar-refractivity contribution in [1.82, 2.24) is 0 Å². The molecule has 0 unspecified atom stereocenters. The lowest BCUT2D eigenvalue weighted by Crippen LogP contribution is -2.11. The van der Waals surface area contributed by atoms with Crippen LogP contribution in [0.3, 0.4) is 0 Å². The van der Waals surface area contributed by atoms with E-state index in [1.807, 2.05) is 0 Å². The average molecular weight is 217 g/mol. The van der Waals surface area contributed by atoms with E-state index in [1.54, 1.807) is 0 Å². The topological polar surface area (TPSA) is 101 Å². The lowest BCUT2D eigenvalue weighted by Gasteiger charge is -2.03. The molecule has 1 radical (unpaired) electrons. The van der Waals surface area contributed by atoms with Gasteiger partial charge in [-0.15, -0.1) is 0 Å². The summed E-state index contributed by atoms with van der Waals surface area (Å²) in [7, 11) is -7.87. The fourth-order valence-electron chi connectivity index (χ4n) is 0.342. The van der Waals surface area contributed by atoms with Crippen molar-refractivity contribution in [3.63, 3.8) is 0 Å². The van der Waals surface area contributed by atoms with Crippen molar-refractivity contribution < 1.29 is 27.0 Å². The summed E-state index contributed by atoms with van der Waals surface area (Å²) >= 11 is 0. The highest BCUT2D eigenvalue weighted by molar-refractivity contribution is 7.86. The van der Waals surface area contributed by atoms with Gasteiger partial charge in [0, 0.05) is 0 Å². The normalized spacial score (nSPS) is 13.2. The van der Waals surface area contributed by atoms with Gasteiger partial charge in [-0.25, -0.2) is 0 Å². The minimum absolute atomic E-state index is 0.450. The summed E-state index contributed by atoms with van der Waals surface area (Å²) in [4.78, 5) is 16.6. The van der Waals surface area contributed by atoms with Gasteiger partial charge in [0.2, 0.25) is 0 Å². The molecule has 0 aliphatic carbocycles. The Labute approximate surface area is 70.8 Å². The first-order valence-electron chi connectivity index (χ1n) is 2.98. The molecule has 0 spiro atoms. The Kier molecular flexibility index (Phi) is 4.36. The first-order valence-corrected chi connectivity index (χ1v) is 6.35. The Balaban J connectivity index is 3.80. The van der Waals surface area contributed by atoms with Crippen LogP contribution in [0.25, 0.3) is 0 Å². The standard InChI is InChI=1S/C4H10O6PS/c1-2-12(8,9)10-3-4-11(5,6)7/h1-4H2,(H2,5,6,7). The van der Waals surface area contributed by atoms with Crippen molar-refractivity contribution in [2.75, 3.05) is 18.5 Å². The van der Waals surface area contributed by atoms with Crippen LogP contribution in [0, 0.1) is 6.92 Å². The van der Waals surface area contributed by atoms with Crippen molar-refractivity contribution in [2.24, 2.45) is 0 Å². The van der Waals surface area contributed by atoms with Gasteiger partial charge in [-0.05, 0) is 6.92 Å². The summed E-state index contributed by atoms with van der Waals surface area (Å²) in [6, 6.07) is 0. The molecule has 0 aromatic carbocycles. The van der Waals surface area contributed by atoms with Gasteiger partial charge in [0.15, 0.2) is 0 Å². The summed E-state index contributed by atoms with van der Waals surface area (Å²) in [5.74, 6) is -0.450. The molecule has 0 amide bonds. The predicted molar refractivity (Wildman–Crippen MR) is 42.0 cm³/mol. The fourth-order valence-corrected chi connectivity index (χ4v) is 1.25. The van der Waals surface area contributed by atoms with Gasteiger partial charge in [-0.1, -0.05) is 0 Å². The maximum Gasteiger partial charge on any atom is 0.327 e. The van der Waals surface area contributed by atoms with Gasteiger partial charge in [0.05, 0.1) is 18.5 Å². The molecule has 0 aromatic heterocycles. The van der Waals surface area contributed by atoms with Gasteiger partial charge in [0.1, 0.15) is 0 Å². The Morgan fingerprint density at radius 2 is 1.92 bits per heavy atom. The molecule has 0 saturated heterocycles. The molecule has 0 saturated carbocycles. The largest absolute Gasteiger partial charge is 0.327 e. The Hall–Kier alpha value is 0.0600. The highest BCUT2D eigenvalue weighted by atomic mass is 32.2. The van der Waals surface area contributed by atoms with Crippen LogP contribution in [0.4, 0.5) is 0 Å². The summed E-state index contributed by atoms with van der Waals surface area (Å²) in [5.41, 5.74) is 0. The zero-order valence-corrected chi connectivity index (χ0v) is 7.92. The maximum absolute atomic E-state index is 10.5. The summed E-state index contributed by atoms with van der Waals surface area (Å²) in [5, 5.41) is 0. The summed E-state index contributed by atoms with van der Waals surface area (Å²) in [6.45, 7) is 2.55. The maximum atomic E-state index is 10.5. The SMILES string of the molecule is [CH2]CS(=O)(=O)OCCP(=O)(O)O. The molecule has 0 atom stereocenters. The van der Waals surface area contributed by atoms with E-state index in [9.17, 15) is 13.0 Å². The third kappa shape index (κ3) is 6.75. The van der Waals surface area contributed by atoms with Crippen molar-refractivity contribution in [1.29, 1.82) is 0 Å². The van der Waals surface area contributed by atoms with Crippen molar-refractivity contribution in [3.05, 3.63) is 6.92 Å². The monoisotopic (exact) mass is 217 g/mol. The van der Waals surface area contributed by atoms with Gasteiger partial charge in [-0.3, -0.25) is 8.75 Å². The summed E-state index contributed by atoms with van der Waals surface area (Å²) < 4.78 is 35.5. The van der Waals surface area contributed by atoms with E-state index in [4.69, 9.17) is 9.79 Å². The molecule has 0 aliphatic heterocycles. The van der Waals surface area contributed by atoms with Crippen LogP contribution in [0.5, 0.6) is 0 Å². The minimum Gasteiger partial charge on any atom is -0.324 e. The molecule has 0 aliphatic rings. The molecular formula is C4H10O6PS. The van der Waals surface area contributed by atoms with Gasteiger partial charge in [0.25, 0.3) is 10.1 Å². The summed E-state index contributed by atoms with van der Waals surface area (Å²) in [6.07, 6.45) is -0.605. The molecule has 0 aromatic rings. The van der Waals surface area contributed by atoms with Gasteiger partial charge >= 0.3 is 7.60 Å². The van der Waals surface area contributed by atoms with Crippen molar-refractivity contribution in [2.45, 2.75) is 0 Å². The second-order valence-electron chi connectivity index (χ2n) is 1.97. The second-order valence-corrected chi connectivity index (χ2v) is 5.51. The predicted octanol–water partition coefficient (Wildman–Crippen LogP) is -0.655. The average Bonchev–Trinajstić information content (AvgIpc) is 1.84.